The molecule has 0 spiro atoms. The van der Waals surface area contributed by atoms with Gasteiger partial charge in [0.05, 0.1) is 11.2 Å². The number of thioether (sulfide) groups is 1. The van der Waals surface area contributed by atoms with Crippen LogP contribution >= 0.6 is 11.8 Å². The van der Waals surface area contributed by atoms with Gasteiger partial charge in [-0.2, -0.15) is 0 Å². The highest BCUT2D eigenvalue weighted by atomic mass is 32.2. The lowest BCUT2D eigenvalue weighted by atomic mass is 10.0. The number of hydrogen-bond acceptors (Lipinski definition) is 2. The maximum Gasteiger partial charge on any atom is 0.0712 e. The van der Waals surface area contributed by atoms with Crippen LogP contribution in [0.1, 0.15) is 11.3 Å². The van der Waals surface area contributed by atoms with Gasteiger partial charge in [0.1, 0.15) is 0 Å². The molecule has 2 heteroatoms. The van der Waals surface area contributed by atoms with Crippen LogP contribution in [0.3, 0.4) is 0 Å². The Morgan fingerprint density at radius 2 is 1.94 bits per heavy atom. The first-order valence-electron chi connectivity index (χ1n) is 6.01. The molecule has 0 radical (unpaired) electrons. The maximum atomic E-state index is 4.79. The first-order valence-corrected chi connectivity index (χ1v) is 7.06. The summed E-state index contributed by atoms with van der Waals surface area (Å²) < 4.78 is 0. The van der Waals surface area contributed by atoms with Gasteiger partial charge < -0.3 is 0 Å². The Bertz CT molecular complexity index is 790. The van der Waals surface area contributed by atoms with Gasteiger partial charge in [0.15, 0.2) is 0 Å². The van der Waals surface area contributed by atoms with E-state index in [0.717, 1.165) is 11.3 Å². The van der Waals surface area contributed by atoms with Gasteiger partial charge >= 0.3 is 0 Å². The number of fused-ring (bicyclic) bond motifs is 4. The minimum absolute atomic E-state index is 0.981. The molecule has 0 saturated heterocycles. The molecule has 0 fully saturated rings. The molecule has 1 aromatic heterocycles. The largest absolute Gasteiger partial charge is 0.251 e. The average molecular weight is 249 g/mol. The van der Waals surface area contributed by atoms with Crippen LogP contribution in [0.2, 0.25) is 0 Å². The second kappa shape index (κ2) is 3.85. The molecule has 0 bridgehead atoms. The van der Waals surface area contributed by atoms with Crippen LogP contribution in [0.15, 0.2) is 47.9 Å². The SMILES string of the molecule is C1=Cc2cc3c(ccc4ccccc43)nc2CS1. The van der Waals surface area contributed by atoms with Crippen LogP contribution in [0.25, 0.3) is 27.8 Å². The van der Waals surface area contributed by atoms with Crippen LogP contribution in [0, 0.1) is 0 Å². The smallest absolute Gasteiger partial charge is 0.0712 e. The Morgan fingerprint density at radius 1 is 1.00 bits per heavy atom. The molecule has 0 unspecified atom stereocenters. The Kier molecular flexibility index (Phi) is 2.17. The molecule has 0 atom stereocenters. The third-order valence-electron chi connectivity index (χ3n) is 3.40. The van der Waals surface area contributed by atoms with Gasteiger partial charge in [-0.1, -0.05) is 30.3 Å². The van der Waals surface area contributed by atoms with E-state index in [0.29, 0.717) is 0 Å². The van der Waals surface area contributed by atoms with Gasteiger partial charge in [-0.3, -0.25) is 4.98 Å². The van der Waals surface area contributed by atoms with Crippen molar-refractivity contribution in [3.8, 4) is 0 Å². The van der Waals surface area contributed by atoms with Crippen LogP contribution in [0.5, 0.6) is 0 Å². The summed E-state index contributed by atoms with van der Waals surface area (Å²) in [5.74, 6) is 0.981. The Balaban J connectivity index is 2.16. The van der Waals surface area contributed by atoms with E-state index in [9.17, 15) is 0 Å². The van der Waals surface area contributed by atoms with Crippen molar-refractivity contribution in [3.05, 3.63) is 59.1 Å². The summed E-state index contributed by atoms with van der Waals surface area (Å²) in [4.78, 5) is 4.79. The highest BCUT2D eigenvalue weighted by Crippen LogP contribution is 2.30. The fourth-order valence-corrected chi connectivity index (χ4v) is 3.22. The second-order valence-corrected chi connectivity index (χ2v) is 5.39. The van der Waals surface area contributed by atoms with E-state index in [1.165, 1.54) is 27.4 Å². The van der Waals surface area contributed by atoms with Gasteiger partial charge in [-0.05, 0) is 40.0 Å². The third kappa shape index (κ3) is 1.46. The Morgan fingerprint density at radius 3 is 2.94 bits per heavy atom. The Labute approximate surface area is 110 Å². The summed E-state index contributed by atoms with van der Waals surface area (Å²) in [5, 5.41) is 5.97. The molecule has 0 N–H and O–H groups in total. The molecule has 1 aliphatic rings. The van der Waals surface area contributed by atoms with E-state index >= 15 is 0 Å². The minimum Gasteiger partial charge on any atom is -0.251 e. The topological polar surface area (TPSA) is 12.9 Å². The first-order chi connectivity index (χ1) is 8.92. The number of nitrogens with zero attached hydrogens (tertiary/aromatic N) is 1. The Hall–Kier alpha value is -1.80. The van der Waals surface area contributed by atoms with Gasteiger partial charge in [-0.15, -0.1) is 11.8 Å². The maximum absolute atomic E-state index is 4.79. The van der Waals surface area contributed by atoms with Crippen molar-refractivity contribution in [2.45, 2.75) is 5.75 Å². The lowest BCUT2D eigenvalue weighted by Gasteiger charge is -2.11. The van der Waals surface area contributed by atoms with E-state index in [1.54, 1.807) is 11.8 Å². The molecule has 0 aliphatic carbocycles. The van der Waals surface area contributed by atoms with Gasteiger partial charge in [0.25, 0.3) is 0 Å². The summed E-state index contributed by atoms with van der Waals surface area (Å²) in [6.07, 6.45) is 2.16. The minimum atomic E-state index is 0.981. The molecule has 2 heterocycles. The summed E-state index contributed by atoms with van der Waals surface area (Å²) in [6, 6.07) is 15.1. The average Bonchev–Trinajstić information content (AvgIpc) is 2.45. The fraction of sp³-hybridized carbons (Fsp3) is 0.0625. The van der Waals surface area contributed by atoms with Crippen molar-refractivity contribution in [2.75, 3.05) is 0 Å². The van der Waals surface area contributed by atoms with Crippen molar-refractivity contribution in [2.24, 2.45) is 0 Å². The zero-order valence-corrected chi connectivity index (χ0v) is 10.6. The fourth-order valence-electron chi connectivity index (χ4n) is 2.49. The predicted molar refractivity (Wildman–Crippen MR) is 79.6 cm³/mol. The van der Waals surface area contributed by atoms with Crippen molar-refractivity contribution in [1.29, 1.82) is 0 Å². The first kappa shape index (κ1) is 10.2. The van der Waals surface area contributed by atoms with E-state index in [-0.39, 0.29) is 0 Å². The number of benzene rings is 2. The molecule has 4 rings (SSSR count). The molecule has 2 aromatic carbocycles. The van der Waals surface area contributed by atoms with E-state index < -0.39 is 0 Å². The highest BCUT2D eigenvalue weighted by molar-refractivity contribution is 8.01. The molecule has 3 aromatic rings. The number of rotatable bonds is 0. The summed E-state index contributed by atoms with van der Waals surface area (Å²) in [6.45, 7) is 0. The van der Waals surface area contributed by atoms with Gasteiger partial charge in [0, 0.05) is 11.1 Å². The molecule has 18 heavy (non-hydrogen) atoms. The standard InChI is InChI=1S/C16H11NS/c1-2-4-13-11(3-1)5-6-15-14(13)9-12-7-8-18-10-16(12)17-15/h1-9H,10H2. The van der Waals surface area contributed by atoms with E-state index in [4.69, 9.17) is 4.98 Å². The monoisotopic (exact) mass is 249 g/mol. The summed E-state index contributed by atoms with van der Waals surface area (Å²) in [7, 11) is 0. The quantitative estimate of drug-likeness (QED) is 0.540. The highest BCUT2D eigenvalue weighted by Gasteiger charge is 2.09. The normalized spacial score (nSPS) is 14.0. The predicted octanol–water partition coefficient (Wildman–Crippen LogP) is 4.61. The lowest BCUT2D eigenvalue weighted by Crippen LogP contribution is -1.95. The van der Waals surface area contributed by atoms with Crippen LogP contribution < -0.4 is 0 Å². The summed E-state index contributed by atoms with van der Waals surface area (Å²) in [5.41, 5.74) is 3.56. The van der Waals surface area contributed by atoms with Crippen LogP contribution in [-0.2, 0) is 5.75 Å². The van der Waals surface area contributed by atoms with Crippen molar-refractivity contribution in [3.63, 3.8) is 0 Å². The summed E-state index contributed by atoms with van der Waals surface area (Å²) >= 11 is 1.81. The van der Waals surface area contributed by atoms with Gasteiger partial charge in [-0.25, -0.2) is 0 Å². The molecule has 86 valence electrons. The zero-order chi connectivity index (χ0) is 11.9. The molecular weight excluding hydrogens is 238 g/mol. The zero-order valence-electron chi connectivity index (χ0n) is 9.76. The number of pyridine rings is 1. The molecule has 0 saturated carbocycles. The lowest BCUT2D eigenvalue weighted by molar-refractivity contribution is 1.21. The molecule has 0 amide bonds. The van der Waals surface area contributed by atoms with Crippen LogP contribution in [-0.4, -0.2) is 4.98 Å². The molecule has 1 aliphatic heterocycles. The molecule has 1 nitrogen and oxygen atoms in total. The number of hydrogen-bond donors (Lipinski definition) is 0. The van der Waals surface area contributed by atoms with Crippen molar-refractivity contribution in [1.82, 2.24) is 4.98 Å². The third-order valence-corrected chi connectivity index (χ3v) is 4.17. The van der Waals surface area contributed by atoms with E-state index in [1.807, 2.05) is 0 Å². The molecular formula is C16H11NS. The van der Waals surface area contributed by atoms with Crippen molar-refractivity contribution >= 4 is 39.5 Å². The second-order valence-electron chi connectivity index (χ2n) is 4.49. The van der Waals surface area contributed by atoms with Crippen LogP contribution in [0.4, 0.5) is 0 Å². The van der Waals surface area contributed by atoms with Crippen molar-refractivity contribution < 1.29 is 0 Å². The van der Waals surface area contributed by atoms with Gasteiger partial charge in [0.2, 0.25) is 0 Å². The van der Waals surface area contributed by atoms with E-state index in [2.05, 4.69) is 53.9 Å². The number of aromatic nitrogens is 1.